The zero-order valence-electron chi connectivity index (χ0n) is 17.4. The van der Waals surface area contributed by atoms with Crippen molar-refractivity contribution in [2.45, 2.75) is 93.2 Å². The van der Waals surface area contributed by atoms with E-state index in [0.717, 1.165) is 0 Å². The number of carbonyl (C=O) groups is 2. The molecule has 0 atom stereocenters. The summed E-state index contributed by atoms with van der Waals surface area (Å²) in [5, 5.41) is 5.68. The van der Waals surface area contributed by atoms with E-state index in [9.17, 15) is 35.9 Å². The van der Waals surface area contributed by atoms with E-state index in [4.69, 9.17) is 9.47 Å². The minimum atomic E-state index is -4.68. The molecule has 0 saturated heterocycles. The fourth-order valence-corrected chi connectivity index (χ4v) is 4.98. The van der Waals surface area contributed by atoms with Crippen LogP contribution in [-0.2, 0) is 28.5 Å². The second-order valence-electron chi connectivity index (χ2n) is 9.37. The lowest BCUT2D eigenvalue weighted by atomic mass is 9.44. The minimum Gasteiger partial charge on any atom is -0.368 e. The van der Waals surface area contributed by atoms with E-state index in [1.807, 2.05) is 0 Å². The molecule has 33 heavy (non-hydrogen) atoms. The smallest absolute Gasteiger partial charge is 0.368 e. The van der Waals surface area contributed by atoms with Crippen LogP contribution in [0.15, 0.2) is 0 Å². The van der Waals surface area contributed by atoms with E-state index >= 15 is 0 Å². The summed E-state index contributed by atoms with van der Waals surface area (Å²) in [5.74, 6) is -0.752. The van der Waals surface area contributed by atoms with Crippen LogP contribution >= 0.6 is 0 Å². The number of rotatable bonds is 10. The largest absolute Gasteiger partial charge is 0.522 e. The summed E-state index contributed by atoms with van der Waals surface area (Å²) in [6.07, 6.45) is -10.2. The van der Waals surface area contributed by atoms with Crippen molar-refractivity contribution in [3.63, 3.8) is 0 Å². The van der Waals surface area contributed by atoms with Crippen LogP contribution < -0.4 is 10.6 Å². The lowest BCUT2D eigenvalue weighted by molar-refractivity contribution is -0.358. The maximum absolute atomic E-state index is 12.1. The fraction of sp³-hybridized carbons (Fsp3) is 0.895. The summed E-state index contributed by atoms with van der Waals surface area (Å²) >= 11 is 0. The van der Waals surface area contributed by atoms with Gasteiger partial charge in [-0.05, 0) is 19.3 Å². The molecule has 5 saturated carbocycles. The normalized spacial score (nSPS) is 37.2. The van der Waals surface area contributed by atoms with Gasteiger partial charge in [-0.2, -0.15) is 0 Å². The van der Waals surface area contributed by atoms with Crippen molar-refractivity contribution in [3.05, 3.63) is 0 Å². The molecule has 14 heteroatoms. The third-order valence-corrected chi connectivity index (χ3v) is 6.44. The highest BCUT2D eigenvalue weighted by Crippen LogP contribution is 2.60. The Morgan fingerprint density at radius 3 is 1.30 bits per heavy atom. The van der Waals surface area contributed by atoms with Gasteiger partial charge in [0.25, 0.3) is 0 Å². The van der Waals surface area contributed by atoms with Crippen molar-refractivity contribution in [1.82, 2.24) is 10.6 Å². The molecule has 2 N–H and O–H groups in total. The molecule has 5 rings (SSSR count). The molecule has 0 aromatic heterocycles. The minimum absolute atomic E-state index is 0.0754. The molecular formula is C19H24F6N2O6. The van der Waals surface area contributed by atoms with Crippen LogP contribution in [0.3, 0.4) is 0 Å². The topological polar surface area (TPSA) is 95.1 Å². The number of halogens is 6. The fourth-order valence-electron chi connectivity index (χ4n) is 4.98. The molecule has 2 bridgehead atoms. The van der Waals surface area contributed by atoms with E-state index in [-0.39, 0.29) is 50.7 Å². The zero-order chi connectivity index (χ0) is 24.1. The SMILES string of the molecule is O=C(CO[C@H]1C[C@@H](OC(F)(F)F)C1)NC12CC(NC(=O)CO[C@H]3C[C@@H](OC(F)(F)F)C3)(C1)C2. The monoisotopic (exact) mass is 490 g/mol. The molecule has 0 aromatic rings. The molecule has 0 heterocycles. The maximum atomic E-state index is 12.1. The van der Waals surface area contributed by atoms with Gasteiger partial charge in [-0.3, -0.25) is 19.1 Å². The number of ether oxygens (including phenoxy) is 4. The first kappa shape index (κ1) is 24.5. The van der Waals surface area contributed by atoms with Crippen molar-refractivity contribution in [1.29, 1.82) is 0 Å². The zero-order valence-corrected chi connectivity index (χ0v) is 17.4. The van der Waals surface area contributed by atoms with Gasteiger partial charge < -0.3 is 20.1 Å². The highest BCUT2D eigenvalue weighted by molar-refractivity contribution is 5.81. The Morgan fingerprint density at radius 1 is 0.667 bits per heavy atom. The van der Waals surface area contributed by atoms with Gasteiger partial charge in [0.2, 0.25) is 11.8 Å². The molecular weight excluding hydrogens is 466 g/mol. The van der Waals surface area contributed by atoms with Gasteiger partial charge in [0.05, 0.1) is 24.4 Å². The van der Waals surface area contributed by atoms with E-state index in [1.54, 1.807) is 0 Å². The average Bonchev–Trinajstić information content (AvgIpc) is 2.53. The standard InChI is InChI=1S/C19H24F6N2O6/c20-18(21,22)32-12-1-10(2-12)30-5-14(28)26-16-7-17(8-16,9-16)27-15(29)6-31-11-3-13(4-11)33-19(23,24)25/h10-13H,1-9H2,(H,26,28)(H,27,29)/t10-,11-,12+,13+,16?,17?. The predicted molar refractivity (Wildman–Crippen MR) is 95.4 cm³/mol. The Labute approximate surface area is 184 Å². The van der Waals surface area contributed by atoms with E-state index < -0.39 is 48.2 Å². The summed E-state index contributed by atoms with van der Waals surface area (Å²) in [7, 11) is 0. The van der Waals surface area contributed by atoms with Crippen molar-refractivity contribution >= 4 is 11.8 Å². The average molecular weight is 490 g/mol. The third-order valence-electron chi connectivity index (χ3n) is 6.44. The first-order valence-electron chi connectivity index (χ1n) is 10.6. The summed E-state index contributed by atoms with van der Waals surface area (Å²) in [6.45, 7) is -0.530. The molecule has 2 amide bonds. The first-order chi connectivity index (χ1) is 15.2. The van der Waals surface area contributed by atoms with Crippen LogP contribution in [0.25, 0.3) is 0 Å². The maximum Gasteiger partial charge on any atom is 0.522 e. The van der Waals surface area contributed by atoms with Crippen LogP contribution in [0, 0.1) is 0 Å². The van der Waals surface area contributed by atoms with Gasteiger partial charge in [0.15, 0.2) is 0 Å². The highest BCUT2D eigenvalue weighted by Gasteiger charge is 2.69. The van der Waals surface area contributed by atoms with Gasteiger partial charge in [0.1, 0.15) is 13.2 Å². The molecule has 5 aliphatic rings. The quantitative estimate of drug-likeness (QED) is 0.456. The highest BCUT2D eigenvalue weighted by atomic mass is 19.4. The van der Waals surface area contributed by atoms with E-state index in [2.05, 4.69) is 20.1 Å². The molecule has 0 aliphatic heterocycles. The molecule has 5 aliphatic carbocycles. The summed E-state index contributed by atoms with van der Waals surface area (Å²) < 4.78 is 90.8. The van der Waals surface area contributed by atoms with Crippen LogP contribution in [-0.4, -0.2) is 73.2 Å². The number of hydrogen-bond acceptors (Lipinski definition) is 6. The summed E-state index contributed by atoms with van der Waals surface area (Å²) in [6, 6.07) is 0. The van der Waals surface area contributed by atoms with Crippen molar-refractivity contribution in [2.24, 2.45) is 0 Å². The number of hydrogen-bond donors (Lipinski definition) is 2. The predicted octanol–water partition coefficient (Wildman–Crippen LogP) is 2.06. The molecule has 0 radical (unpaired) electrons. The molecule has 0 unspecified atom stereocenters. The Bertz CT molecular complexity index is 683. The Balaban J connectivity index is 1.04. The van der Waals surface area contributed by atoms with Crippen LogP contribution in [0.4, 0.5) is 26.3 Å². The van der Waals surface area contributed by atoms with Crippen LogP contribution in [0.2, 0.25) is 0 Å². The Hall–Kier alpha value is -1.64. The number of carbonyl (C=O) groups excluding carboxylic acids is 2. The molecule has 5 fully saturated rings. The number of nitrogens with one attached hydrogen (secondary N) is 2. The van der Waals surface area contributed by atoms with Crippen LogP contribution in [0.1, 0.15) is 44.9 Å². The van der Waals surface area contributed by atoms with Gasteiger partial charge in [-0.1, -0.05) is 0 Å². The van der Waals surface area contributed by atoms with Gasteiger partial charge in [-0.25, -0.2) is 0 Å². The molecule has 0 aromatic carbocycles. The summed E-state index contributed by atoms with van der Waals surface area (Å²) in [4.78, 5) is 24.1. The van der Waals surface area contributed by atoms with Crippen LogP contribution in [0.5, 0.6) is 0 Å². The van der Waals surface area contributed by atoms with E-state index in [1.165, 1.54) is 0 Å². The second kappa shape index (κ2) is 8.54. The Kier molecular flexibility index (Phi) is 6.34. The second-order valence-corrected chi connectivity index (χ2v) is 9.37. The summed E-state index contributed by atoms with van der Waals surface area (Å²) in [5.41, 5.74) is -0.849. The van der Waals surface area contributed by atoms with Gasteiger partial charge >= 0.3 is 12.7 Å². The number of alkyl halides is 6. The van der Waals surface area contributed by atoms with Crippen molar-refractivity contribution in [2.75, 3.05) is 13.2 Å². The van der Waals surface area contributed by atoms with Crippen molar-refractivity contribution in [3.8, 4) is 0 Å². The molecule has 0 spiro atoms. The number of amides is 2. The van der Waals surface area contributed by atoms with E-state index in [0.29, 0.717) is 19.3 Å². The molecule has 188 valence electrons. The van der Waals surface area contributed by atoms with Gasteiger partial charge in [-0.15, -0.1) is 26.3 Å². The lowest BCUT2D eigenvalue weighted by Crippen LogP contribution is -2.84. The molecule has 8 nitrogen and oxygen atoms in total. The van der Waals surface area contributed by atoms with Gasteiger partial charge in [0, 0.05) is 36.8 Å². The Morgan fingerprint density at radius 2 is 1.00 bits per heavy atom. The third kappa shape index (κ3) is 6.28. The van der Waals surface area contributed by atoms with Crippen molar-refractivity contribution < 1.29 is 54.9 Å². The lowest BCUT2D eigenvalue weighted by Gasteiger charge is -2.70. The first-order valence-corrected chi connectivity index (χ1v) is 10.6.